The van der Waals surface area contributed by atoms with E-state index in [4.69, 9.17) is 15.0 Å². The fourth-order valence-electron chi connectivity index (χ4n) is 3.02. The fraction of sp³-hybridized carbons (Fsp3) is 0.560. The topological polar surface area (TPSA) is 112 Å². The van der Waals surface area contributed by atoms with Crippen molar-refractivity contribution in [1.82, 2.24) is 24.6 Å². The van der Waals surface area contributed by atoms with Crippen LogP contribution in [0.2, 0.25) is 0 Å². The van der Waals surface area contributed by atoms with Crippen molar-refractivity contribution in [2.45, 2.75) is 73.4 Å². The first kappa shape index (κ1) is 30.6. The Balaban J connectivity index is 0.00000114. The zero-order valence-electron chi connectivity index (χ0n) is 22.4. The van der Waals surface area contributed by atoms with Gasteiger partial charge < -0.3 is 24.9 Å². The Kier molecular flexibility index (Phi) is 15.6. The maximum absolute atomic E-state index is 5.93. The molecule has 2 heterocycles. The highest BCUT2D eigenvalue weighted by Crippen LogP contribution is 2.33. The quantitative estimate of drug-likeness (QED) is 0.202. The third-order valence-corrected chi connectivity index (χ3v) is 5.83. The number of aromatic nitrogens is 4. The van der Waals surface area contributed by atoms with E-state index in [9.17, 15) is 0 Å². The number of ether oxygens (including phenoxy) is 1. The van der Waals surface area contributed by atoms with Gasteiger partial charge in [0, 0.05) is 12.6 Å². The lowest BCUT2D eigenvalue weighted by atomic mass is 10.2. The van der Waals surface area contributed by atoms with E-state index >= 15 is 0 Å². The highest BCUT2D eigenvalue weighted by molar-refractivity contribution is 7.50. The van der Waals surface area contributed by atoms with Crippen LogP contribution < -0.4 is 20.7 Å². The van der Waals surface area contributed by atoms with E-state index in [1.165, 1.54) is 6.42 Å². The zero-order valence-corrected chi connectivity index (χ0v) is 23.3. The van der Waals surface area contributed by atoms with Gasteiger partial charge in [-0.1, -0.05) is 65.7 Å². The van der Waals surface area contributed by atoms with Crippen LogP contribution >= 0.6 is 8.30 Å². The second-order valence-electron chi connectivity index (χ2n) is 7.63. The predicted molar refractivity (Wildman–Crippen MR) is 149 cm³/mol. The predicted octanol–water partition coefficient (Wildman–Crippen LogP) is 6.04. The number of hydrogen-bond acceptors (Lipinski definition) is 8. The maximum atomic E-state index is 5.93. The van der Waals surface area contributed by atoms with Gasteiger partial charge in [0.05, 0.1) is 12.9 Å². The molecule has 2 aromatic heterocycles. The smallest absolute Gasteiger partial charge is 0.224 e. The number of para-hydroxylation sites is 1. The molecule has 0 aliphatic heterocycles. The molecule has 35 heavy (non-hydrogen) atoms. The number of nitrogens with two attached hydrogens (primary N) is 1. The van der Waals surface area contributed by atoms with Crippen molar-refractivity contribution in [1.29, 1.82) is 0 Å². The van der Waals surface area contributed by atoms with Crippen molar-refractivity contribution in [3.8, 4) is 5.75 Å². The Morgan fingerprint density at radius 3 is 2.43 bits per heavy atom. The summed E-state index contributed by atoms with van der Waals surface area (Å²) < 4.78 is 13.7. The Morgan fingerprint density at radius 1 is 1.11 bits per heavy atom. The molecule has 0 aliphatic rings. The van der Waals surface area contributed by atoms with E-state index in [0.29, 0.717) is 31.0 Å². The molecule has 0 radical (unpaired) electrons. The van der Waals surface area contributed by atoms with E-state index in [1.807, 2.05) is 55.8 Å². The molecular formula is C25H44N7O2P. The third-order valence-electron chi connectivity index (χ3n) is 4.48. The van der Waals surface area contributed by atoms with Gasteiger partial charge in [-0.3, -0.25) is 5.09 Å². The molecular weight excluding hydrogens is 461 g/mol. The average molecular weight is 506 g/mol. The third kappa shape index (κ3) is 10.8. The lowest BCUT2D eigenvalue weighted by molar-refractivity contribution is 0.165. The minimum absolute atomic E-state index is 0.228. The van der Waals surface area contributed by atoms with Crippen molar-refractivity contribution < 1.29 is 9.26 Å². The molecule has 0 aliphatic carbocycles. The lowest BCUT2D eigenvalue weighted by Gasteiger charge is -2.17. The summed E-state index contributed by atoms with van der Waals surface area (Å²) in [6.07, 6.45) is 5.61. The van der Waals surface area contributed by atoms with Gasteiger partial charge in [-0.15, -0.1) is 0 Å². The summed E-state index contributed by atoms with van der Waals surface area (Å²) >= 11 is 0. The normalized spacial score (nSPS) is 12.1. The van der Waals surface area contributed by atoms with Crippen LogP contribution in [0.15, 0.2) is 36.7 Å². The van der Waals surface area contributed by atoms with Crippen molar-refractivity contribution >= 4 is 31.2 Å². The standard InChI is InChI=1S/C20H30N7O2P.C3H8.C2H6/c1-4-8-15(2)24-18-17-19(26-20(21)25-18)27(13-23-17)11-12-28-14-30(22-3)29-16-9-6-5-7-10-16;1-3-2;1-2/h5-7,9-10,13,15,22H,4,8,11-12,14H2,1-3H3,(H3,21,24,25,26);3H2,1-2H3;1-2H3. The first-order valence-electron chi connectivity index (χ1n) is 12.5. The number of anilines is 2. The Labute approximate surface area is 212 Å². The molecule has 9 nitrogen and oxygen atoms in total. The number of imidazole rings is 1. The highest BCUT2D eigenvalue weighted by Gasteiger charge is 2.14. The number of rotatable bonds is 12. The van der Waals surface area contributed by atoms with Crippen LogP contribution in [0.5, 0.6) is 5.75 Å². The molecule has 0 fully saturated rings. The molecule has 3 aromatic rings. The van der Waals surface area contributed by atoms with Crippen LogP contribution in [0.4, 0.5) is 11.8 Å². The van der Waals surface area contributed by atoms with Crippen LogP contribution in [-0.2, 0) is 11.3 Å². The Bertz CT molecular complexity index is 940. The van der Waals surface area contributed by atoms with Gasteiger partial charge in [-0.05, 0) is 32.5 Å². The van der Waals surface area contributed by atoms with E-state index in [0.717, 1.165) is 24.1 Å². The molecule has 0 saturated carbocycles. The van der Waals surface area contributed by atoms with E-state index < -0.39 is 8.30 Å². The molecule has 0 bridgehead atoms. The summed E-state index contributed by atoms with van der Waals surface area (Å²) in [6, 6.07) is 10.0. The minimum Gasteiger partial charge on any atom is -0.456 e. The molecule has 3 rings (SSSR count). The number of hydrogen-bond donors (Lipinski definition) is 3. The average Bonchev–Trinajstić information content (AvgIpc) is 3.26. The van der Waals surface area contributed by atoms with Gasteiger partial charge in [0.15, 0.2) is 25.3 Å². The zero-order chi connectivity index (χ0) is 26.1. The number of fused-ring (bicyclic) bond motifs is 1. The summed E-state index contributed by atoms with van der Waals surface area (Å²) in [5.41, 5.74) is 7.35. The molecule has 4 N–H and O–H groups in total. The van der Waals surface area contributed by atoms with Crippen LogP contribution in [0.3, 0.4) is 0 Å². The number of nitrogens with zero attached hydrogens (tertiary/aromatic N) is 4. The second-order valence-corrected chi connectivity index (χ2v) is 9.27. The van der Waals surface area contributed by atoms with Crippen LogP contribution in [-0.4, -0.2) is 45.6 Å². The summed E-state index contributed by atoms with van der Waals surface area (Å²) in [4.78, 5) is 13.2. The fourth-order valence-corrected chi connectivity index (χ4v) is 3.96. The summed E-state index contributed by atoms with van der Waals surface area (Å²) in [5, 5.41) is 6.56. The molecule has 10 heteroatoms. The van der Waals surface area contributed by atoms with E-state index in [2.05, 4.69) is 53.1 Å². The van der Waals surface area contributed by atoms with Gasteiger partial charge in [0.1, 0.15) is 12.1 Å². The van der Waals surface area contributed by atoms with E-state index in [1.54, 1.807) is 6.33 Å². The van der Waals surface area contributed by atoms with Crippen LogP contribution in [0.1, 0.15) is 60.8 Å². The molecule has 0 amide bonds. The Morgan fingerprint density at radius 2 is 1.80 bits per heavy atom. The molecule has 2 atom stereocenters. The van der Waals surface area contributed by atoms with Crippen LogP contribution in [0, 0.1) is 0 Å². The molecule has 196 valence electrons. The highest BCUT2D eigenvalue weighted by atomic mass is 31.2. The molecule has 0 spiro atoms. The van der Waals surface area contributed by atoms with Crippen molar-refractivity contribution in [3.63, 3.8) is 0 Å². The largest absolute Gasteiger partial charge is 0.456 e. The Hall–Kier alpha value is -2.48. The maximum Gasteiger partial charge on any atom is 0.224 e. The van der Waals surface area contributed by atoms with E-state index in [-0.39, 0.29) is 12.0 Å². The molecule has 1 aromatic carbocycles. The summed E-state index contributed by atoms with van der Waals surface area (Å²) in [7, 11) is 0.955. The first-order chi connectivity index (χ1) is 17.0. The van der Waals surface area contributed by atoms with Gasteiger partial charge in [0.25, 0.3) is 0 Å². The number of benzene rings is 1. The van der Waals surface area contributed by atoms with Gasteiger partial charge in [-0.25, -0.2) is 4.98 Å². The minimum atomic E-state index is -0.915. The second kappa shape index (κ2) is 17.9. The molecule has 2 unspecified atom stereocenters. The van der Waals surface area contributed by atoms with Gasteiger partial charge >= 0.3 is 0 Å². The molecule has 0 saturated heterocycles. The summed E-state index contributed by atoms with van der Waals surface area (Å²) in [5.74, 6) is 1.73. The van der Waals surface area contributed by atoms with Crippen molar-refractivity contribution in [2.75, 3.05) is 31.1 Å². The number of nitrogens with one attached hydrogen (secondary N) is 2. The monoisotopic (exact) mass is 505 g/mol. The summed E-state index contributed by atoms with van der Waals surface area (Å²) in [6.45, 7) is 13.6. The number of nitrogen functional groups attached to an aromatic ring is 1. The van der Waals surface area contributed by atoms with Gasteiger partial charge in [-0.2, -0.15) is 9.97 Å². The van der Waals surface area contributed by atoms with Crippen molar-refractivity contribution in [3.05, 3.63) is 36.7 Å². The SMILES string of the molecule is CC.CCC.CCCC(C)Nc1nc(N)nc2c1ncn2CCOCP(NC)Oc1ccccc1. The lowest BCUT2D eigenvalue weighted by Crippen LogP contribution is -2.17. The van der Waals surface area contributed by atoms with Crippen LogP contribution in [0.25, 0.3) is 11.2 Å². The first-order valence-corrected chi connectivity index (χ1v) is 14.0. The van der Waals surface area contributed by atoms with Gasteiger partial charge in [0.2, 0.25) is 5.95 Å². The van der Waals surface area contributed by atoms with Crippen molar-refractivity contribution in [2.24, 2.45) is 0 Å².